The molecule has 0 aliphatic heterocycles. The zero-order chi connectivity index (χ0) is 13.9. The minimum Gasteiger partial charge on any atom is -0.313 e. The molecule has 0 saturated carbocycles. The molecule has 0 fully saturated rings. The molecule has 0 saturated heterocycles. The molecule has 0 spiro atoms. The summed E-state index contributed by atoms with van der Waals surface area (Å²) in [6.07, 6.45) is 1.60. The van der Waals surface area contributed by atoms with E-state index in [1.54, 1.807) is 7.05 Å². The Labute approximate surface area is 116 Å². The van der Waals surface area contributed by atoms with E-state index >= 15 is 0 Å². The highest BCUT2D eigenvalue weighted by Gasteiger charge is 2.21. The Morgan fingerprint density at radius 1 is 1.22 bits per heavy atom. The third-order valence-corrected chi connectivity index (χ3v) is 3.38. The van der Waals surface area contributed by atoms with Crippen LogP contribution in [0.3, 0.4) is 0 Å². The normalized spacial score (nSPS) is 13.7. The maximum Gasteiger partial charge on any atom is 0.132 e. The van der Waals surface area contributed by atoms with Gasteiger partial charge in [-0.15, -0.1) is 0 Å². The predicted molar refractivity (Wildman–Crippen MR) is 74.5 cm³/mol. The van der Waals surface area contributed by atoms with E-state index in [-0.39, 0.29) is 17.0 Å². The summed E-state index contributed by atoms with van der Waals surface area (Å²) in [4.78, 5) is 0. The van der Waals surface area contributed by atoms with Gasteiger partial charge in [0.15, 0.2) is 0 Å². The lowest BCUT2D eigenvalue weighted by Gasteiger charge is -2.24. The fourth-order valence-electron chi connectivity index (χ4n) is 1.90. The summed E-state index contributed by atoms with van der Waals surface area (Å²) in [5.41, 5.74) is 0.280. The summed E-state index contributed by atoms with van der Waals surface area (Å²) in [5.74, 6) is -1.01. The summed E-state index contributed by atoms with van der Waals surface area (Å²) in [5, 5.41) is 3.00. The molecule has 4 heteroatoms. The van der Waals surface area contributed by atoms with Crippen LogP contribution in [-0.4, -0.2) is 7.05 Å². The number of halogens is 3. The van der Waals surface area contributed by atoms with Crippen molar-refractivity contribution in [1.29, 1.82) is 0 Å². The van der Waals surface area contributed by atoms with Crippen molar-refractivity contribution >= 4 is 15.9 Å². The molecule has 1 rings (SSSR count). The van der Waals surface area contributed by atoms with Crippen LogP contribution in [-0.2, 0) is 0 Å². The quantitative estimate of drug-likeness (QED) is 0.839. The molecular weight excluding hydrogens is 300 g/mol. The maximum absolute atomic E-state index is 13.9. The zero-order valence-electron chi connectivity index (χ0n) is 11.3. The van der Waals surface area contributed by atoms with Gasteiger partial charge < -0.3 is 5.32 Å². The van der Waals surface area contributed by atoms with Crippen molar-refractivity contribution in [3.63, 3.8) is 0 Å². The van der Waals surface area contributed by atoms with Crippen LogP contribution in [0.2, 0.25) is 0 Å². The molecule has 18 heavy (non-hydrogen) atoms. The van der Waals surface area contributed by atoms with Crippen LogP contribution < -0.4 is 5.32 Å². The van der Waals surface area contributed by atoms with Crippen molar-refractivity contribution in [2.24, 2.45) is 5.41 Å². The van der Waals surface area contributed by atoms with Gasteiger partial charge in [0.05, 0.1) is 0 Å². The molecule has 0 aliphatic carbocycles. The van der Waals surface area contributed by atoms with E-state index in [1.807, 2.05) is 0 Å². The van der Waals surface area contributed by atoms with Gasteiger partial charge in [0.2, 0.25) is 0 Å². The minimum absolute atomic E-state index is 0.130. The number of hydrogen-bond donors (Lipinski definition) is 1. The summed E-state index contributed by atoms with van der Waals surface area (Å²) in [6, 6.07) is 2.32. The van der Waals surface area contributed by atoms with E-state index in [9.17, 15) is 8.78 Å². The molecule has 1 unspecified atom stereocenters. The lowest BCUT2D eigenvalue weighted by molar-refractivity contribution is 0.331. The minimum atomic E-state index is -0.505. The second-order valence-electron chi connectivity index (χ2n) is 5.72. The standard InChI is InChI=1S/C14H20BrF2N/c1-14(2,3)6-5-12(18-4)13-10(16)7-9(15)8-11(13)17/h7-8,12,18H,5-6H2,1-4H3. The molecule has 0 aliphatic rings. The average Bonchev–Trinajstić information content (AvgIpc) is 2.20. The van der Waals surface area contributed by atoms with Gasteiger partial charge in [-0.05, 0) is 37.4 Å². The van der Waals surface area contributed by atoms with Crippen molar-refractivity contribution in [1.82, 2.24) is 5.32 Å². The lowest BCUT2D eigenvalue weighted by atomic mass is 9.87. The highest BCUT2D eigenvalue weighted by atomic mass is 79.9. The molecule has 1 atom stereocenters. The molecule has 1 N–H and O–H groups in total. The van der Waals surface area contributed by atoms with Gasteiger partial charge in [-0.25, -0.2) is 8.78 Å². The van der Waals surface area contributed by atoms with Gasteiger partial charge in [0.1, 0.15) is 11.6 Å². The van der Waals surface area contributed by atoms with Gasteiger partial charge in [-0.1, -0.05) is 36.7 Å². The summed E-state index contributed by atoms with van der Waals surface area (Å²) < 4.78 is 28.1. The van der Waals surface area contributed by atoms with E-state index in [2.05, 4.69) is 42.0 Å². The van der Waals surface area contributed by atoms with Crippen molar-refractivity contribution in [3.8, 4) is 0 Å². The van der Waals surface area contributed by atoms with Crippen LogP contribution in [0.25, 0.3) is 0 Å². The monoisotopic (exact) mass is 319 g/mol. The second kappa shape index (κ2) is 6.11. The van der Waals surface area contributed by atoms with Crippen molar-refractivity contribution in [2.45, 2.75) is 39.7 Å². The SMILES string of the molecule is CNC(CCC(C)(C)C)c1c(F)cc(Br)cc1F. The van der Waals surface area contributed by atoms with Crippen LogP contribution >= 0.6 is 15.9 Å². The highest BCUT2D eigenvalue weighted by Crippen LogP contribution is 2.31. The Bertz CT molecular complexity index is 390. The molecule has 0 aromatic heterocycles. The molecule has 0 radical (unpaired) electrons. The lowest BCUT2D eigenvalue weighted by Crippen LogP contribution is -2.21. The molecule has 0 heterocycles. The molecule has 1 aromatic rings. The molecule has 102 valence electrons. The topological polar surface area (TPSA) is 12.0 Å². The first kappa shape index (κ1) is 15.6. The molecule has 1 nitrogen and oxygen atoms in total. The van der Waals surface area contributed by atoms with Crippen LogP contribution in [0, 0.1) is 17.0 Å². The van der Waals surface area contributed by atoms with Gasteiger partial charge in [0.25, 0.3) is 0 Å². The fraction of sp³-hybridized carbons (Fsp3) is 0.571. The van der Waals surface area contributed by atoms with Gasteiger partial charge >= 0.3 is 0 Å². The Hall–Kier alpha value is -0.480. The number of hydrogen-bond acceptors (Lipinski definition) is 1. The van der Waals surface area contributed by atoms with Crippen LogP contribution in [0.1, 0.15) is 45.2 Å². The van der Waals surface area contributed by atoms with E-state index in [0.717, 1.165) is 6.42 Å². The van der Waals surface area contributed by atoms with E-state index < -0.39 is 11.6 Å². The summed E-state index contributed by atoms with van der Waals surface area (Å²) in [7, 11) is 1.73. The third-order valence-electron chi connectivity index (χ3n) is 2.92. The number of nitrogens with one attached hydrogen (secondary N) is 1. The second-order valence-corrected chi connectivity index (χ2v) is 6.64. The maximum atomic E-state index is 13.9. The largest absolute Gasteiger partial charge is 0.313 e. The number of rotatable bonds is 4. The van der Waals surface area contributed by atoms with Crippen molar-refractivity contribution < 1.29 is 8.78 Å². The van der Waals surface area contributed by atoms with Gasteiger partial charge in [0, 0.05) is 16.1 Å². The smallest absolute Gasteiger partial charge is 0.132 e. The summed E-state index contributed by atoms with van der Waals surface area (Å²) in [6.45, 7) is 6.36. The van der Waals surface area contributed by atoms with E-state index in [4.69, 9.17) is 0 Å². The van der Waals surface area contributed by atoms with E-state index in [1.165, 1.54) is 12.1 Å². The van der Waals surface area contributed by atoms with Crippen LogP contribution in [0.5, 0.6) is 0 Å². The Morgan fingerprint density at radius 2 is 1.72 bits per heavy atom. The Kier molecular flexibility index (Phi) is 5.29. The van der Waals surface area contributed by atoms with Gasteiger partial charge in [-0.3, -0.25) is 0 Å². The average molecular weight is 320 g/mol. The van der Waals surface area contributed by atoms with Gasteiger partial charge in [-0.2, -0.15) is 0 Å². The van der Waals surface area contributed by atoms with Crippen molar-refractivity contribution in [3.05, 3.63) is 33.8 Å². The van der Waals surface area contributed by atoms with Crippen LogP contribution in [0.15, 0.2) is 16.6 Å². The molecule has 1 aromatic carbocycles. The summed E-state index contributed by atoms with van der Waals surface area (Å²) >= 11 is 3.09. The highest BCUT2D eigenvalue weighted by molar-refractivity contribution is 9.10. The van der Waals surface area contributed by atoms with Crippen LogP contribution in [0.4, 0.5) is 8.78 Å². The third kappa shape index (κ3) is 4.32. The first-order chi connectivity index (χ1) is 8.24. The zero-order valence-corrected chi connectivity index (χ0v) is 12.9. The first-order valence-electron chi connectivity index (χ1n) is 6.06. The fourth-order valence-corrected chi connectivity index (χ4v) is 2.30. The molecular formula is C14H20BrF2N. The van der Waals surface area contributed by atoms with E-state index in [0.29, 0.717) is 10.9 Å². The number of benzene rings is 1. The Morgan fingerprint density at radius 3 is 2.11 bits per heavy atom. The predicted octanol–water partition coefficient (Wildman–Crippen LogP) is 4.81. The molecule has 0 bridgehead atoms. The first-order valence-corrected chi connectivity index (χ1v) is 6.85. The van der Waals surface area contributed by atoms with Crippen molar-refractivity contribution in [2.75, 3.05) is 7.05 Å². The Balaban J connectivity index is 2.95. The molecule has 0 amide bonds.